The van der Waals surface area contributed by atoms with E-state index in [4.69, 9.17) is 5.10 Å². The van der Waals surface area contributed by atoms with E-state index >= 15 is 0 Å². The second-order valence-electron chi connectivity index (χ2n) is 8.22. The van der Waals surface area contributed by atoms with E-state index < -0.39 is 0 Å². The minimum absolute atomic E-state index is 0.0868. The fourth-order valence-electron chi connectivity index (χ4n) is 4.79. The molecule has 6 heteroatoms. The standard InChI is InChI=1S/C23H27N5O/c1-2-9-24-23(29)27-10-7-17(15-27)19-8-11-28-22(19)13-21(26-28)18-12-16-5-3-4-6-20(16)25-14-18/h3-6,12-14,17,19H,2,7-11,15H2,1H3,(H,24,29). The zero-order valence-corrected chi connectivity index (χ0v) is 16.8. The van der Waals surface area contributed by atoms with Gasteiger partial charge in [-0.1, -0.05) is 25.1 Å². The Morgan fingerprint density at radius 2 is 2.10 bits per heavy atom. The van der Waals surface area contributed by atoms with Crippen molar-refractivity contribution in [2.24, 2.45) is 5.92 Å². The first-order valence-corrected chi connectivity index (χ1v) is 10.7. The predicted molar refractivity (Wildman–Crippen MR) is 114 cm³/mol. The normalized spacial score (nSPS) is 20.9. The number of amides is 2. The fourth-order valence-corrected chi connectivity index (χ4v) is 4.79. The molecular formula is C23H27N5O. The molecule has 1 saturated heterocycles. The molecule has 150 valence electrons. The van der Waals surface area contributed by atoms with Crippen molar-refractivity contribution in [1.29, 1.82) is 0 Å². The van der Waals surface area contributed by atoms with Crippen molar-refractivity contribution in [3.63, 3.8) is 0 Å². The number of likely N-dealkylation sites (tertiary alicyclic amines) is 1. The number of carbonyl (C=O) groups excluding carboxylic acids is 1. The second-order valence-corrected chi connectivity index (χ2v) is 8.22. The molecule has 0 aliphatic carbocycles. The molecule has 2 amide bonds. The molecular weight excluding hydrogens is 362 g/mol. The lowest BCUT2D eigenvalue weighted by molar-refractivity contribution is 0.206. The van der Waals surface area contributed by atoms with E-state index in [1.807, 2.05) is 29.3 Å². The number of aromatic nitrogens is 3. The van der Waals surface area contributed by atoms with Crippen molar-refractivity contribution in [2.75, 3.05) is 19.6 Å². The number of pyridine rings is 1. The lowest BCUT2D eigenvalue weighted by atomic mass is 9.88. The molecule has 0 radical (unpaired) electrons. The number of hydrogen-bond acceptors (Lipinski definition) is 3. The van der Waals surface area contributed by atoms with Gasteiger partial charge in [-0.3, -0.25) is 9.67 Å². The molecule has 5 rings (SSSR count). The summed E-state index contributed by atoms with van der Waals surface area (Å²) in [5, 5.41) is 9.01. The van der Waals surface area contributed by atoms with Crippen LogP contribution in [0, 0.1) is 5.92 Å². The molecule has 4 heterocycles. The molecule has 29 heavy (non-hydrogen) atoms. The Morgan fingerprint density at radius 3 is 3.00 bits per heavy atom. The number of carbonyl (C=O) groups is 1. The molecule has 2 unspecified atom stereocenters. The second kappa shape index (κ2) is 7.50. The number of hydrogen-bond donors (Lipinski definition) is 1. The highest BCUT2D eigenvalue weighted by Gasteiger charge is 2.37. The van der Waals surface area contributed by atoms with Crippen molar-refractivity contribution < 1.29 is 4.79 Å². The van der Waals surface area contributed by atoms with Crippen LogP contribution in [-0.2, 0) is 6.54 Å². The average molecular weight is 390 g/mol. The Morgan fingerprint density at radius 1 is 1.21 bits per heavy atom. The maximum atomic E-state index is 12.3. The number of rotatable bonds is 4. The van der Waals surface area contributed by atoms with Crippen LogP contribution in [-0.4, -0.2) is 45.3 Å². The average Bonchev–Trinajstić information content (AvgIpc) is 3.47. The van der Waals surface area contributed by atoms with Crippen LogP contribution in [0.4, 0.5) is 4.79 Å². The fraction of sp³-hybridized carbons (Fsp3) is 0.435. The molecule has 0 saturated carbocycles. The summed E-state index contributed by atoms with van der Waals surface area (Å²) in [4.78, 5) is 18.9. The molecule has 6 nitrogen and oxygen atoms in total. The third kappa shape index (κ3) is 3.37. The van der Waals surface area contributed by atoms with Gasteiger partial charge in [0.15, 0.2) is 0 Å². The SMILES string of the molecule is CCCNC(=O)N1CCC(C2CCn3nc(-c4cnc5ccccc5c4)cc32)C1. The topological polar surface area (TPSA) is 63.1 Å². The van der Waals surface area contributed by atoms with E-state index in [2.05, 4.69) is 40.1 Å². The highest BCUT2D eigenvalue weighted by atomic mass is 16.2. The van der Waals surface area contributed by atoms with Crippen LogP contribution in [0.5, 0.6) is 0 Å². The van der Waals surface area contributed by atoms with Crippen LogP contribution in [0.3, 0.4) is 0 Å². The first kappa shape index (κ1) is 18.2. The van der Waals surface area contributed by atoms with Gasteiger partial charge in [0.1, 0.15) is 0 Å². The maximum Gasteiger partial charge on any atom is 0.317 e. The summed E-state index contributed by atoms with van der Waals surface area (Å²) in [6, 6.07) is 12.7. The van der Waals surface area contributed by atoms with Crippen LogP contribution in [0.2, 0.25) is 0 Å². The van der Waals surface area contributed by atoms with Crippen molar-refractivity contribution in [3.05, 3.63) is 48.3 Å². The van der Waals surface area contributed by atoms with Gasteiger partial charge >= 0.3 is 6.03 Å². The van der Waals surface area contributed by atoms with Crippen LogP contribution >= 0.6 is 0 Å². The predicted octanol–water partition coefficient (Wildman–Crippen LogP) is 4.03. The number of fused-ring (bicyclic) bond motifs is 2. The summed E-state index contributed by atoms with van der Waals surface area (Å²) in [5.41, 5.74) is 4.39. The number of nitrogens with zero attached hydrogens (tertiary/aromatic N) is 4. The molecule has 1 N–H and O–H groups in total. The molecule has 0 spiro atoms. The molecule has 2 aliphatic rings. The molecule has 2 aliphatic heterocycles. The van der Waals surface area contributed by atoms with Gasteiger partial charge in [-0.15, -0.1) is 0 Å². The molecule has 1 aromatic carbocycles. The number of benzene rings is 1. The zero-order chi connectivity index (χ0) is 19.8. The molecule has 1 fully saturated rings. The van der Waals surface area contributed by atoms with Crippen LogP contribution in [0.1, 0.15) is 37.8 Å². The van der Waals surface area contributed by atoms with Gasteiger partial charge in [-0.2, -0.15) is 5.10 Å². The minimum Gasteiger partial charge on any atom is -0.338 e. The van der Waals surface area contributed by atoms with E-state index in [1.165, 1.54) is 5.69 Å². The first-order valence-electron chi connectivity index (χ1n) is 10.7. The van der Waals surface area contributed by atoms with Crippen LogP contribution < -0.4 is 5.32 Å². The van der Waals surface area contributed by atoms with Crippen molar-refractivity contribution >= 4 is 16.9 Å². The van der Waals surface area contributed by atoms with Gasteiger partial charge in [0.2, 0.25) is 0 Å². The summed E-state index contributed by atoms with van der Waals surface area (Å²) >= 11 is 0. The summed E-state index contributed by atoms with van der Waals surface area (Å²) in [5.74, 6) is 0.997. The summed E-state index contributed by atoms with van der Waals surface area (Å²) in [7, 11) is 0. The minimum atomic E-state index is 0.0868. The number of aryl methyl sites for hydroxylation is 1. The van der Waals surface area contributed by atoms with Crippen molar-refractivity contribution in [3.8, 4) is 11.3 Å². The van der Waals surface area contributed by atoms with Gasteiger partial charge in [0.25, 0.3) is 0 Å². The summed E-state index contributed by atoms with van der Waals surface area (Å²) < 4.78 is 2.16. The Kier molecular flexibility index (Phi) is 4.70. The van der Waals surface area contributed by atoms with Crippen LogP contribution in [0.15, 0.2) is 42.6 Å². The smallest absolute Gasteiger partial charge is 0.317 e. The quantitative estimate of drug-likeness (QED) is 0.733. The maximum absolute atomic E-state index is 12.3. The Labute approximate surface area is 170 Å². The Balaban J connectivity index is 1.34. The number of urea groups is 1. The highest BCUT2D eigenvalue weighted by molar-refractivity contribution is 5.82. The zero-order valence-electron chi connectivity index (χ0n) is 16.8. The van der Waals surface area contributed by atoms with E-state index in [0.717, 1.165) is 67.6 Å². The van der Waals surface area contributed by atoms with E-state index in [-0.39, 0.29) is 6.03 Å². The number of nitrogens with one attached hydrogen (secondary N) is 1. The van der Waals surface area contributed by atoms with Gasteiger partial charge < -0.3 is 10.2 Å². The molecule has 0 bridgehead atoms. The van der Waals surface area contributed by atoms with E-state index in [9.17, 15) is 4.79 Å². The van der Waals surface area contributed by atoms with Gasteiger partial charge in [0, 0.05) is 54.9 Å². The Hall–Kier alpha value is -2.89. The highest BCUT2D eigenvalue weighted by Crippen LogP contribution is 2.40. The van der Waals surface area contributed by atoms with Crippen LogP contribution in [0.25, 0.3) is 22.2 Å². The van der Waals surface area contributed by atoms with Gasteiger partial charge in [0.05, 0.1) is 11.2 Å². The summed E-state index contributed by atoms with van der Waals surface area (Å²) in [6.07, 6.45) is 5.08. The third-order valence-electron chi connectivity index (χ3n) is 6.34. The Bertz CT molecular complexity index is 1040. The lowest BCUT2D eigenvalue weighted by Gasteiger charge is -2.20. The number of para-hydroxylation sites is 1. The van der Waals surface area contributed by atoms with Crippen molar-refractivity contribution in [1.82, 2.24) is 25.0 Å². The van der Waals surface area contributed by atoms with Gasteiger partial charge in [-0.05, 0) is 43.4 Å². The summed E-state index contributed by atoms with van der Waals surface area (Å²) in [6.45, 7) is 5.48. The molecule has 3 aromatic rings. The molecule has 2 aromatic heterocycles. The first-order chi connectivity index (χ1) is 14.2. The van der Waals surface area contributed by atoms with E-state index in [1.54, 1.807) is 0 Å². The lowest BCUT2D eigenvalue weighted by Crippen LogP contribution is -2.39. The van der Waals surface area contributed by atoms with Crippen molar-refractivity contribution in [2.45, 2.75) is 38.6 Å². The monoisotopic (exact) mass is 389 g/mol. The largest absolute Gasteiger partial charge is 0.338 e. The van der Waals surface area contributed by atoms with Gasteiger partial charge in [-0.25, -0.2) is 4.79 Å². The third-order valence-corrected chi connectivity index (χ3v) is 6.34. The van der Waals surface area contributed by atoms with E-state index in [0.29, 0.717) is 11.8 Å². The molecule has 2 atom stereocenters.